The quantitative estimate of drug-likeness (QED) is 0.690. The van der Waals surface area contributed by atoms with Gasteiger partial charge in [-0.25, -0.2) is 0 Å². The van der Waals surface area contributed by atoms with Crippen molar-refractivity contribution in [3.05, 3.63) is 34.4 Å². The summed E-state index contributed by atoms with van der Waals surface area (Å²) in [5.74, 6) is -0.667. The van der Waals surface area contributed by atoms with Gasteiger partial charge < -0.3 is 4.74 Å². The molecule has 1 aromatic rings. The van der Waals surface area contributed by atoms with E-state index in [0.29, 0.717) is 12.2 Å². The third-order valence-electron chi connectivity index (χ3n) is 5.84. The average molecular weight is 298 g/mol. The predicted octanol–water partition coefficient (Wildman–Crippen LogP) is 3.39. The van der Waals surface area contributed by atoms with Crippen LogP contribution in [0.3, 0.4) is 0 Å². The van der Waals surface area contributed by atoms with Crippen molar-refractivity contribution >= 4 is 11.6 Å². The Balaban J connectivity index is 1.95. The van der Waals surface area contributed by atoms with Gasteiger partial charge in [0.05, 0.1) is 18.6 Å². The largest absolute Gasteiger partial charge is 0.372 e. The van der Waals surface area contributed by atoms with Gasteiger partial charge in [-0.15, -0.1) is 0 Å². The Hall–Kier alpha value is -1.48. The number of rotatable bonds is 0. The van der Waals surface area contributed by atoms with Crippen LogP contribution in [0, 0.1) is 11.8 Å². The topological polar surface area (TPSA) is 43.4 Å². The zero-order valence-corrected chi connectivity index (χ0v) is 13.4. The van der Waals surface area contributed by atoms with Crippen molar-refractivity contribution in [3.63, 3.8) is 0 Å². The number of ether oxygens (including phenoxy) is 1. The highest BCUT2D eigenvalue weighted by molar-refractivity contribution is 6.46. The first-order chi connectivity index (χ1) is 10.4. The zero-order valence-electron chi connectivity index (χ0n) is 13.4. The maximum Gasteiger partial charge on any atom is 0.229 e. The number of hydrogen-bond acceptors (Lipinski definition) is 3. The molecular formula is C19H22O3. The van der Waals surface area contributed by atoms with Gasteiger partial charge >= 0.3 is 0 Å². The van der Waals surface area contributed by atoms with Gasteiger partial charge in [0.15, 0.2) is 0 Å². The molecule has 116 valence electrons. The van der Waals surface area contributed by atoms with E-state index in [1.54, 1.807) is 0 Å². The Kier molecular flexibility index (Phi) is 2.90. The number of ketones is 2. The van der Waals surface area contributed by atoms with Crippen LogP contribution in [-0.4, -0.2) is 18.2 Å². The molecule has 0 N–H and O–H groups in total. The molecule has 22 heavy (non-hydrogen) atoms. The van der Waals surface area contributed by atoms with Gasteiger partial charge in [-0.1, -0.05) is 32.9 Å². The van der Waals surface area contributed by atoms with Crippen molar-refractivity contribution in [1.29, 1.82) is 0 Å². The van der Waals surface area contributed by atoms with E-state index in [-0.39, 0.29) is 34.9 Å². The molecule has 0 saturated carbocycles. The van der Waals surface area contributed by atoms with Gasteiger partial charge in [-0.2, -0.15) is 0 Å². The van der Waals surface area contributed by atoms with E-state index in [1.165, 1.54) is 5.56 Å². The van der Waals surface area contributed by atoms with Crippen molar-refractivity contribution in [2.24, 2.45) is 11.8 Å². The maximum absolute atomic E-state index is 12.8. The minimum Gasteiger partial charge on any atom is -0.372 e. The van der Waals surface area contributed by atoms with Crippen LogP contribution in [0.2, 0.25) is 0 Å². The molecule has 1 aromatic carbocycles. The molecule has 4 rings (SSSR count). The van der Waals surface area contributed by atoms with E-state index in [4.69, 9.17) is 4.74 Å². The van der Waals surface area contributed by atoms with E-state index < -0.39 is 0 Å². The summed E-state index contributed by atoms with van der Waals surface area (Å²) in [5.41, 5.74) is 4.05. The highest BCUT2D eigenvalue weighted by Gasteiger charge is 2.49. The molecule has 3 atom stereocenters. The molecule has 0 spiro atoms. The van der Waals surface area contributed by atoms with Crippen molar-refractivity contribution in [2.45, 2.75) is 51.6 Å². The van der Waals surface area contributed by atoms with Crippen LogP contribution in [-0.2, 0) is 21.4 Å². The van der Waals surface area contributed by atoms with Gasteiger partial charge in [0.25, 0.3) is 0 Å². The van der Waals surface area contributed by atoms with Crippen LogP contribution < -0.4 is 0 Å². The van der Waals surface area contributed by atoms with Gasteiger partial charge in [0, 0.05) is 5.56 Å². The normalized spacial score (nSPS) is 32.4. The number of carbonyl (C=O) groups is 2. The van der Waals surface area contributed by atoms with E-state index >= 15 is 0 Å². The molecule has 3 aliphatic rings. The van der Waals surface area contributed by atoms with Crippen LogP contribution in [0.15, 0.2) is 12.1 Å². The van der Waals surface area contributed by atoms with E-state index in [2.05, 4.69) is 19.9 Å². The van der Waals surface area contributed by atoms with E-state index in [1.807, 2.05) is 13.0 Å². The third kappa shape index (κ3) is 1.72. The molecular weight excluding hydrogens is 276 g/mol. The number of fused-ring (bicyclic) bond motifs is 5. The Labute approximate surface area is 131 Å². The van der Waals surface area contributed by atoms with Gasteiger partial charge in [-0.3, -0.25) is 9.59 Å². The Morgan fingerprint density at radius 1 is 1.23 bits per heavy atom. The Morgan fingerprint density at radius 2 is 2.00 bits per heavy atom. The summed E-state index contributed by atoms with van der Waals surface area (Å²) in [6, 6.07) is 4.21. The van der Waals surface area contributed by atoms with Crippen LogP contribution in [0.1, 0.15) is 66.8 Å². The van der Waals surface area contributed by atoms with Crippen LogP contribution in [0.25, 0.3) is 0 Å². The molecule has 1 heterocycles. The number of carbonyl (C=O) groups excluding carboxylic acids is 2. The van der Waals surface area contributed by atoms with Crippen LogP contribution in [0.5, 0.6) is 0 Å². The lowest BCUT2D eigenvalue weighted by Gasteiger charge is -2.36. The second kappa shape index (κ2) is 4.51. The first-order valence-electron chi connectivity index (χ1n) is 8.28. The van der Waals surface area contributed by atoms with Crippen molar-refractivity contribution in [2.75, 3.05) is 6.61 Å². The fourth-order valence-corrected chi connectivity index (χ4v) is 4.62. The SMILES string of the molecule is C[C@H]1COC2c3ccc4c(c3C(=O)C(=O)C21)CCCC4(C)C. The molecule has 2 aliphatic carbocycles. The summed E-state index contributed by atoms with van der Waals surface area (Å²) in [4.78, 5) is 25.4. The summed E-state index contributed by atoms with van der Waals surface area (Å²) in [6.45, 7) is 7.02. The standard InChI is InChI=1S/C19H22O3/c1-10-9-22-18-12-6-7-13-11(5-4-8-19(13,2)3)15(12)17(21)16(20)14(10)18/h6-7,10,14,18H,4-5,8-9H2,1-3H3/t10-,14?,18?/m0/s1. The van der Waals surface area contributed by atoms with Crippen LogP contribution in [0.4, 0.5) is 0 Å². The highest BCUT2D eigenvalue weighted by atomic mass is 16.5. The minimum absolute atomic E-state index is 0.0760. The minimum atomic E-state index is -0.283. The lowest BCUT2D eigenvalue weighted by molar-refractivity contribution is -0.121. The lowest BCUT2D eigenvalue weighted by atomic mass is 9.67. The number of benzene rings is 1. The maximum atomic E-state index is 12.8. The molecule has 0 bridgehead atoms. The molecule has 0 amide bonds. The Morgan fingerprint density at radius 3 is 2.77 bits per heavy atom. The monoisotopic (exact) mass is 298 g/mol. The molecule has 3 heteroatoms. The molecule has 1 aliphatic heterocycles. The number of hydrogen-bond donors (Lipinski definition) is 0. The fraction of sp³-hybridized carbons (Fsp3) is 0.579. The summed E-state index contributed by atoms with van der Waals surface area (Å²) in [7, 11) is 0. The number of Topliss-reactive ketones (excluding diaryl/α,β-unsaturated/α-hetero) is 2. The van der Waals surface area contributed by atoms with Crippen LogP contribution >= 0.6 is 0 Å². The molecule has 1 fully saturated rings. The van der Waals surface area contributed by atoms with Gasteiger partial charge in [0.1, 0.15) is 0 Å². The van der Waals surface area contributed by atoms with Crippen molar-refractivity contribution < 1.29 is 14.3 Å². The smallest absolute Gasteiger partial charge is 0.229 e. The molecule has 0 aromatic heterocycles. The highest BCUT2D eigenvalue weighted by Crippen LogP contribution is 2.48. The summed E-state index contributed by atoms with van der Waals surface area (Å²) in [6.07, 6.45) is 2.88. The summed E-state index contributed by atoms with van der Waals surface area (Å²) in [5, 5.41) is 0. The first-order valence-corrected chi connectivity index (χ1v) is 8.28. The average Bonchev–Trinajstić information content (AvgIpc) is 2.86. The van der Waals surface area contributed by atoms with Gasteiger partial charge in [-0.05, 0) is 47.3 Å². The Bertz CT molecular complexity index is 686. The fourth-order valence-electron chi connectivity index (χ4n) is 4.62. The molecule has 0 radical (unpaired) electrons. The second-order valence-corrected chi connectivity index (χ2v) is 7.74. The predicted molar refractivity (Wildman–Crippen MR) is 83.1 cm³/mol. The van der Waals surface area contributed by atoms with E-state index in [9.17, 15) is 9.59 Å². The van der Waals surface area contributed by atoms with Crippen molar-refractivity contribution in [3.8, 4) is 0 Å². The van der Waals surface area contributed by atoms with Gasteiger partial charge in [0.2, 0.25) is 11.6 Å². The molecule has 2 unspecified atom stereocenters. The third-order valence-corrected chi connectivity index (χ3v) is 5.84. The van der Waals surface area contributed by atoms with Crippen molar-refractivity contribution in [1.82, 2.24) is 0 Å². The zero-order chi connectivity index (χ0) is 15.6. The van der Waals surface area contributed by atoms with E-state index in [0.717, 1.165) is 30.4 Å². The first kappa shape index (κ1) is 14.1. The summed E-state index contributed by atoms with van der Waals surface area (Å²) >= 11 is 0. The second-order valence-electron chi connectivity index (χ2n) is 7.74. The molecule has 3 nitrogen and oxygen atoms in total. The molecule has 1 saturated heterocycles. The summed E-state index contributed by atoms with van der Waals surface area (Å²) < 4.78 is 5.88. The lowest BCUT2D eigenvalue weighted by Crippen LogP contribution is -2.38.